The quantitative estimate of drug-likeness (QED) is 0.181. The summed E-state index contributed by atoms with van der Waals surface area (Å²) < 4.78 is 0. The van der Waals surface area contributed by atoms with E-state index in [9.17, 15) is 4.79 Å². The highest BCUT2D eigenvalue weighted by Crippen LogP contribution is 2.37. The van der Waals surface area contributed by atoms with E-state index in [0.29, 0.717) is 11.4 Å². The van der Waals surface area contributed by atoms with Gasteiger partial charge in [0, 0.05) is 28.9 Å². The van der Waals surface area contributed by atoms with Crippen molar-refractivity contribution in [3.63, 3.8) is 0 Å². The second-order valence-electron chi connectivity index (χ2n) is 9.81. The summed E-state index contributed by atoms with van der Waals surface area (Å²) in [5.74, 6) is -0.0806. The summed E-state index contributed by atoms with van der Waals surface area (Å²) in [4.78, 5) is 24.6. The largest absolute Gasteiger partial charge is 0.347 e. The molecule has 5 heteroatoms. The van der Waals surface area contributed by atoms with Gasteiger partial charge in [0.15, 0.2) is 0 Å². The van der Waals surface area contributed by atoms with Crippen LogP contribution in [-0.2, 0) is 11.3 Å². The molecule has 0 bridgehead atoms. The number of aromatic nitrogens is 2. The Morgan fingerprint density at radius 3 is 1.98 bits per heavy atom. The van der Waals surface area contributed by atoms with Gasteiger partial charge in [-0.1, -0.05) is 135 Å². The topological polar surface area (TPSA) is 54.9 Å². The Kier molecular flexibility index (Phi) is 31.0. The van der Waals surface area contributed by atoms with E-state index in [4.69, 9.17) is 9.97 Å². The van der Waals surface area contributed by atoms with Crippen molar-refractivity contribution in [3.8, 4) is 0 Å². The maximum atomic E-state index is 13.3. The van der Waals surface area contributed by atoms with E-state index >= 15 is 0 Å². The number of allylic oxidation sites excluding steroid dienone is 8. The van der Waals surface area contributed by atoms with Crippen LogP contribution in [0.15, 0.2) is 76.4 Å². The van der Waals surface area contributed by atoms with E-state index in [-0.39, 0.29) is 5.91 Å². The second kappa shape index (κ2) is 30.2. The number of hydrogen-bond donors (Lipinski definition) is 1. The summed E-state index contributed by atoms with van der Waals surface area (Å²) in [6.45, 7) is 35.3. The highest BCUT2D eigenvalue weighted by molar-refractivity contribution is 8.12. The van der Waals surface area contributed by atoms with Crippen molar-refractivity contribution in [2.45, 2.75) is 144 Å². The van der Waals surface area contributed by atoms with Crippen molar-refractivity contribution < 1.29 is 4.79 Å². The van der Waals surface area contributed by atoms with Gasteiger partial charge in [-0.05, 0) is 90.1 Å². The van der Waals surface area contributed by atoms with Crippen LogP contribution >= 0.6 is 11.8 Å². The molecule has 47 heavy (non-hydrogen) atoms. The van der Waals surface area contributed by atoms with Gasteiger partial charge in [-0.15, -0.1) is 0 Å². The number of hydrogen-bond acceptors (Lipinski definition) is 4. The molecule has 0 aromatic carbocycles. The average molecular weight is 664 g/mol. The molecule has 0 aliphatic carbocycles. The molecule has 0 fully saturated rings. The molecule has 2 aromatic heterocycles. The van der Waals surface area contributed by atoms with E-state index in [2.05, 4.69) is 72.0 Å². The number of pyridine rings is 2. The molecule has 0 saturated heterocycles. The molecule has 2 aromatic rings. The van der Waals surface area contributed by atoms with Crippen LogP contribution in [0.3, 0.4) is 0 Å². The van der Waals surface area contributed by atoms with E-state index in [1.165, 1.54) is 28.5 Å². The second-order valence-corrected chi connectivity index (χ2v) is 10.9. The van der Waals surface area contributed by atoms with Crippen molar-refractivity contribution in [1.29, 1.82) is 0 Å². The third kappa shape index (κ3) is 18.1. The van der Waals surface area contributed by atoms with Crippen LogP contribution in [0, 0.1) is 13.8 Å². The van der Waals surface area contributed by atoms with Crippen LogP contribution in [0.2, 0.25) is 0 Å². The number of thioether (sulfide) groups is 1. The summed E-state index contributed by atoms with van der Waals surface area (Å²) in [6, 6.07) is 8.14. The number of carbonyl (C=O) groups excluding carboxylic acids is 1. The first-order valence-corrected chi connectivity index (χ1v) is 18.7. The van der Waals surface area contributed by atoms with Crippen molar-refractivity contribution in [1.82, 2.24) is 15.3 Å². The summed E-state index contributed by atoms with van der Waals surface area (Å²) in [5, 5.41) is 3.12. The lowest BCUT2D eigenvalue weighted by Gasteiger charge is -2.15. The molecule has 0 unspecified atom stereocenters. The van der Waals surface area contributed by atoms with Gasteiger partial charge in [-0.3, -0.25) is 14.8 Å². The van der Waals surface area contributed by atoms with Gasteiger partial charge in [-0.25, -0.2) is 0 Å². The van der Waals surface area contributed by atoms with E-state index in [1.54, 1.807) is 0 Å². The van der Waals surface area contributed by atoms with Crippen LogP contribution in [-0.4, -0.2) is 15.9 Å². The monoisotopic (exact) mass is 664 g/mol. The molecule has 0 atom stereocenters. The van der Waals surface area contributed by atoms with Crippen molar-refractivity contribution >= 4 is 28.1 Å². The third-order valence-electron chi connectivity index (χ3n) is 6.65. The lowest BCUT2D eigenvalue weighted by Crippen LogP contribution is -2.23. The van der Waals surface area contributed by atoms with Crippen molar-refractivity contribution in [2.75, 3.05) is 0 Å². The Morgan fingerprint density at radius 1 is 0.894 bits per heavy atom. The first-order valence-electron chi connectivity index (χ1n) is 17.9. The normalized spacial score (nSPS) is 12.0. The molecule has 0 aliphatic rings. The minimum atomic E-state index is -0.0806. The standard InChI is InChI=1S/C34H45N3OS.4C2H6/c1-10-15-29(20-25(7)23(5)12-3)32-26(8)19-28(21-35-32)22-36-34(38)31(16-11-2)39-33(24(6)13-4)30-18-14-17-27(9)37-30;4*1-2/h10,14-21H,11-13,22H2,1-9H3,(H,36,38);4*1-2H3/b15-10-,25-23+,29-20+,31-16+,33-24?;;;;. The summed E-state index contributed by atoms with van der Waals surface area (Å²) in [5.41, 5.74) is 9.84. The number of amides is 1. The fourth-order valence-corrected chi connectivity index (χ4v) is 5.15. The van der Waals surface area contributed by atoms with Crippen LogP contribution < -0.4 is 5.32 Å². The number of aryl methyl sites for hydroxylation is 2. The van der Waals surface area contributed by atoms with Gasteiger partial charge < -0.3 is 5.32 Å². The molecular weight excluding hydrogens is 595 g/mol. The van der Waals surface area contributed by atoms with Gasteiger partial charge in [0.25, 0.3) is 5.91 Å². The average Bonchev–Trinajstić information content (AvgIpc) is 3.11. The minimum Gasteiger partial charge on any atom is -0.347 e. The molecular formula is C42H69N3OS. The summed E-state index contributed by atoms with van der Waals surface area (Å²) >= 11 is 1.51. The lowest BCUT2D eigenvalue weighted by atomic mass is 10.00. The molecule has 1 amide bonds. The van der Waals surface area contributed by atoms with Gasteiger partial charge in [0.1, 0.15) is 0 Å². The SMILES string of the molecule is CC.CC.CC.CC.C\C=C/C(=C\C(C)=C(/C)CC)c1ncc(CNC(=O)/C(=C\CC)SC(=C(C)CC)c2cccc(C)n2)cc1C. The Bertz CT molecular complexity index is 1310. The van der Waals surface area contributed by atoms with Gasteiger partial charge >= 0.3 is 0 Å². The van der Waals surface area contributed by atoms with Gasteiger partial charge in [0.05, 0.1) is 16.3 Å². The molecule has 4 nitrogen and oxygen atoms in total. The summed E-state index contributed by atoms with van der Waals surface area (Å²) in [7, 11) is 0. The van der Waals surface area contributed by atoms with Gasteiger partial charge in [0.2, 0.25) is 0 Å². The molecule has 264 valence electrons. The molecule has 0 saturated carbocycles. The first-order chi connectivity index (χ1) is 22.6. The predicted molar refractivity (Wildman–Crippen MR) is 215 cm³/mol. The molecule has 2 rings (SSSR count). The maximum absolute atomic E-state index is 13.3. The van der Waals surface area contributed by atoms with E-state index in [1.807, 2.05) is 106 Å². The predicted octanol–water partition coefficient (Wildman–Crippen LogP) is 13.4. The van der Waals surface area contributed by atoms with E-state index in [0.717, 1.165) is 57.9 Å². The molecule has 0 spiro atoms. The van der Waals surface area contributed by atoms with Crippen LogP contribution in [0.1, 0.15) is 151 Å². The Morgan fingerprint density at radius 2 is 1.49 bits per heavy atom. The highest BCUT2D eigenvalue weighted by Gasteiger charge is 2.17. The van der Waals surface area contributed by atoms with Crippen LogP contribution in [0.5, 0.6) is 0 Å². The number of nitrogens with one attached hydrogen (secondary N) is 1. The molecule has 0 aliphatic heterocycles. The van der Waals surface area contributed by atoms with Crippen molar-refractivity contribution in [3.05, 3.63) is 105 Å². The van der Waals surface area contributed by atoms with Gasteiger partial charge in [-0.2, -0.15) is 0 Å². The minimum absolute atomic E-state index is 0.0806. The number of nitrogens with zero attached hydrogens (tertiary/aromatic N) is 2. The third-order valence-corrected chi connectivity index (χ3v) is 7.98. The van der Waals surface area contributed by atoms with E-state index < -0.39 is 0 Å². The van der Waals surface area contributed by atoms with Crippen molar-refractivity contribution in [2.24, 2.45) is 0 Å². The molecule has 2 heterocycles. The molecule has 1 N–H and O–H groups in total. The number of carbonyl (C=O) groups is 1. The lowest BCUT2D eigenvalue weighted by molar-refractivity contribution is -0.117. The Labute approximate surface area is 295 Å². The highest BCUT2D eigenvalue weighted by atomic mass is 32.2. The number of rotatable bonds is 12. The maximum Gasteiger partial charge on any atom is 0.257 e. The fourth-order valence-electron chi connectivity index (χ4n) is 3.98. The summed E-state index contributed by atoms with van der Waals surface area (Å²) in [6.07, 6.45) is 12.9. The smallest absolute Gasteiger partial charge is 0.257 e. The fraction of sp³-hybridized carbons (Fsp3) is 0.500. The zero-order chi connectivity index (χ0) is 36.9. The zero-order valence-electron chi connectivity index (χ0n) is 33.2. The molecule has 0 radical (unpaired) electrons. The first kappa shape index (κ1) is 48.2. The zero-order valence-corrected chi connectivity index (χ0v) is 34.1. The van der Waals surface area contributed by atoms with Crippen LogP contribution in [0.25, 0.3) is 10.5 Å². The Balaban J connectivity index is -0.00000224. The Hall–Kier alpha value is -3.18. The van der Waals surface area contributed by atoms with Crippen LogP contribution in [0.4, 0.5) is 0 Å².